The zero-order valence-electron chi connectivity index (χ0n) is 18.4. The Balaban J connectivity index is 1.17. The molecule has 0 radical (unpaired) electrons. The molecule has 1 aliphatic heterocycles. The van der Waals surface area contributed by atoms with Gasteiger partial charge in [0.1, 0.15) is 5.82 Å². The molecule has 5 rings (SSSR count). The Labute approximate surface area is 193 Å². The third kappa shape index (κ3) is 4.89. The molecule has 1 fully saturated rings. The summed E-state index contributed by atoms with van der Waals surface area (Å²) in [7, 11) is 0. The Bertz CT molecular complexity index is 1260. The summed E-state index contributed by atoms with van der Waals surface area (Å²) < 4.78 is 13.9. The predicted molar refractivity (Wildman–Crippen MR) is 132 cm³/mol. The first-order chi connectivity index (χ1) is 16.2. The van der Waals surface area contributed by atoms with Gasteiger partial charge in [-0.2, -0.15) is 0 Å². The molecule has 4 aromatic carbocycles. The summed E-state index contributed by atoms with van der Waals surface area (Å²) in [4.78, 5) is 17.3. The lowest BCUT2D eigenvalue weighted by Gasteiger charge is -2.36. The summed E-state index contributed by atoms with van der Waals surface area (Å²) in [5, 5.41) is 5.16. The van der Waals surface area contributed by atoms with Gasteiger partial charge in [0, 0.05) is 55.2 Å². The van der Waals surface area contributed by atoms with Gasteiger partial charge in [-0.05, 0) is 53.2 Å². The Morgan fingerprint density at radius 2 is 1.48 bits per heavy atom. The SMILES string of the molecule is O=C(Nc1ccc(N2CCN(Cc3ccccc3F)CC2)cc1)c1ccc2ccccc2c1. The van der Waals surface area contributed by atoms with Crippen molar-refractivity contribution in [3.8, 4) is 0 Å². The Hall–Kier alpha value is -3.70. The molecule has 0 aromatic heterocycles. The average Bonchev–Trinajstić information content (AvgIpc) is 2.86. The number of hydrogen-bond donors (Lipinski definition) is 1. The highest BCUT2D eigenvalue weighted by Gasteiger charge is 2.18. The number of anilines is 2. The van der Waals surface area contributed by atoms with Gasteiger partial charge in [-0.15, -0.1) is 0 Å². The van der Waals surface area contributed by atoms with Crippen LogP contribution in [-0.4, -0.2) is 37.0 Å². The number of hydrogen-bond acceptors (Lipinski definition) is 3. The van der Waals surface area contributed by atoms with Crippen LogP contribution in [0.15, 0.2) is 91.0 Å². The van der Waals surface area contributed by atoms with Crippen molar-refractivity contribution in [2.75, 3.05) is 36.4 Å². The second kappa shape index (κ2) is 9.43. The maximum atomic E-state index is 13.9. The van der Waals surface area contributed by atoms with Crippen LogP contribution < -0.4 is 10.2 Å². The molecule has 1 heterocycles. The summed E-state index contributed by atoms with van der Waals surface area (Å²) in [5.74, 6) is -0.253. The Kier molecular flexibility index (Phi) is 6.05. The van der Waals surface area contributed by atoms with Crippen molar-refractivity contribution in [3.63, 3.8) is 0 Å². The average molecular weight is 440 g/mol. The Morgan fingerprint density at radius 1 is 0.788 bits per heavy atom. The summed E-state index contributed by atoms with van der Waals surface area (Å²) >= 11 is 0. The van der Waals surface area contributed by atoms with Gasteiger partial charge in [0.05, 0.1) is 0 Å². The van der Waals surface area contributed by atoms with E-state index >= 15 is 0 Å². The van der Waals surface area contributed by atoms with Crippen LogP contribution in [0.4, 0.5) is 15.8 Å². The monoisotopic (exact) mass is 439 g/mol. The zero-order chi connectivity index (χ0) is 22.6. The van der Waals surface area contributed by atoms with E-state index in [0.717, 1.165) is 53.9 Å². The van der Waals surface area contributed by atoms with E-state index in [1.807, 2.05) is 78.9 Å². The molecule has 1 N–H and O–H groups in total. The molecule has 4 aromatic rings. The first kappa shape index (κ1) is 21.2. The number of rotatable bonds is 5. The highest BCUT2D eigenvalue weighted by molar-refractivity contribution is 6.06. The molecule has 5 heteroatoms. The van der Waals surface area contributed by atoms with Crippen molar-refractivity contribution in [3.05, 3.63) is 108 Å². The maximum Gasteiger partial charge on any atom is 0.255 e. The molecular formula is C28H26FN3O. The van der Waals surface area contributed by atoms with Crippen molar-refractivity contribution in [2.24, 2.45) is 0 Å². The van der Waals surface area contributed by atoms with Crippen molar-refractivity contribution in [1.82, 2.24) is 4.90 Å². The first-order valence-corrected chi connectivity index (χ1v) is 11.3. The van der Waals surface area contributed by atoms with Gasteiger partial charge < -0.3 is 10.2 Å². The highest BCUT2D eigenvalue weighted by Crippen LogP contribution is 2.22. The minimum absolute atomic E-state index is 0.115. The number of halogens is 1. The van der Waals surface area contributed by atoms with Crippen molar-refractivity contribution >= 4 is 28.1 Å². The van der Waals surface area contributed by atoms with E-state index in [1.165, 1.54) is 6.07 Å². The van der Waals surface area contributed by atoms with E-state index < -0.39 is 0 Å². The molecule has 0 atom stereocenters. The zero-order valence-corrected chi connectivity index (χ0v) is 18.4. The van der Waals surface area contributed by atoms with Gasteiger partial charge in [-0.25, -0.2) is 4.39 Å². The molecular weight excluding hydrogens is 413 g/mol. The van der Waals surface area contributed by atoms with Crippen molar-refractivity contribution in [2.45, 2.75) is 6.54 Å². The second-order valence-corrected chi connectivity index (χ2v) is 8.42. The van der Waals surface area contributed by atoms with Gasteiger partial charge in [0.2, 0.25) is 0 Å². The summed E-state index contributed by atoms with van der Waals surface area (Å²) in [6.07, 6.45) is 0. The number of piperazine rings is 1. The number of nitrogens with one attached hydrogen (secondary N) is 1. The number of nitrogens with zero attached hydrogens (tertiary/aromatic N) is 2. The number of carbonyl (C=O) groups is 1. The number of amides is 1. The van der Waals surface area contributed by atoms with Crippen LogP contribution in [0, 0.1) is 5.82 Å². The molecule has 0 spiro atoms. The molecule has 0 bridgehead atoms. The summed E-state index contributed by atoms with van der Waals surface area (Å²) in [6, 6.07) is 28.7. The molecule has 1 amide bonds. The van der Waals surface area contributed by atoms with Gasteiger partial charge >= 0.3 is 0 Å². The lowest BCUT2D eigenvalue weighted by molar-refractivity contribution is 0.102. The molecule has 0 aliphatic carbocycles. The van der Waals surface area contributed by atoms with Gasteiger partial charge in [-0.3, -0.25) is 9.69 Å². The van der Waals surface area contributed by atoms with Gasteiger partial charge in [0.25, 0.3) is 5.91 Å². The van der Waals surface area contributed by atoms with E-state index in [4.69, 9.17) is 0 Å². The second-order valence-electron chi connectivity index (χ2n) is 8.42. The normalized spacial score (nSPS) is 14.4. The van der Waals surface area contributed by atoms with E-state index in [2.05, 4.69) is 15.1 Å². The lowest BCUT2D eigenvalue weighted by atomic mass is 10.1. The molecule has 33 heavy (non-hydrogen) atoms. The fourth-order valence-corrected chi connectivity index (χ4v) is 4.32. The minimum Gasteiger partial charge on any atom is -0.369 e. The highest BCUT2D eigenvalue weighted by atomic mass is 19.1. The Morgan fingerprint density at radius 3 is 2.24 bits per heavy atom. The molecule has 0 saturated carbocycles. The maximum absolute atomic E-state index is 13.9. The van der Waals surface area contributed by atoms with Crippen LogP contribution in [0.2, 0.25) is 0 Å². The fraction of sp³-hybridized carbons (Fsp3) is 0.179. The van der Waals surface area contributed by atoms with Crippen LogP contribution in [-0.2, 0) is 6.54 Å². The molecule has 1 saturated heterocycles. The summed E-state index contributed by atoms with van der Waals surface area (Å²) in [5.41, 5.74) is 3.29. The topological polar surface area (TPSA) is 35.6 Å². The molecule has 0 unspecified atom stereocenters. The van der Waals surface area contributed by atoms with Crippen LogP contribution in [0.1, 0.15) is 15.9 Å². The van der Waals surface area contributed by atoms with E-state index in [1.54, 1.807) is 6.07 Å². The smallest absolute Gasteiger partial charge is 0.255 e. The number of benzene rings is 4. The largest absolute Gasteiger partial charge is 0.369 e. The molecule has 166 valence electrons. The first-order valence-electron chi connectivity index (χ1n) is 11.3. The third-order valence-electron chi connectivity index (χ3n) is 6.23. The molecule has 1 aliphatic rings. The van der Waals surface area contributed by atoms with Crippen molar-refractivity contribution < 1.29 is 9.18 Å². The third-order valence-corrected chi connectivity index (χ3v) is 6.23. The quantitative estimate of drug-likeness (QED) is 0.443. The number of fused-ring (bicyclic) bond motifs is 1. The van der Waals surface area contributed by atoms with E-state index in [0.29, 0.717) is 12.1 Å². The minimum atomic E-state index is -0.138. The van der Waals surface area contributed by atoms with Crippen LogP contribution in [0.5, 0.6) is 0 Å². The fourth-order valence-electron chi connectivity index (χ4n) is 4.32. The van der Waals surface area contributed by atoms with Crippen LogP contribution in [0.25, 0.3) is 10.8 Å². The van der Waals surface area contributed by atoms with E-state index in [9.17, 15) is 9.18 Å². The summed E-state index contributed by atoms with van der Waals surface area (Å²) in [6.45, 7) is 4.18. The van der Waals surface area contributed by atoms with E-state index in [-0.39, 0.29) is 11.7 Å². The van der Waals surface area contributed by atoms with Gasteiger partial charge in [-0.1, -0.05) is 48.5 Å². The molecule has 4 nitrogen and oxygen atoms in total. The van der Waals surface area contributed by atoms with Crippen LogP contribution >= 0.6 is 0 Å². The standard InChI is InChI=1S/C28H26FN3O/c29-27-8-4-3-7-24(27)20-31-15-17-32(18-16-31)26-13-11-25(12-14-26)30-28(33)23-10-9-21-5-1-2-6-22(21)19-23/h1-14,19H,15-18,20H2,(H,30,33). The van der Waals surface area contributed by atoms with Gasteiger partial charge in [0.15, 0.2) is 0 Å². The number of carbonyl (C=O) groups excluding carboxylic acids is 1. The lowest BCUT2D eigenvalue weighted by Crippen LogP contribution is -2.46. The predicted octanol–water partition coefficient (Wildman–Crippen LogP) is 5.55. The van der Waals surface area contributed by atoms with Crippen LogP contribution in [0.3, 0.4) is 0 Å². The van der Waals surface area contributed by atoms with Crippen molar-refractivity contribution in [1.29, 1.82) is 0 Å².